The van der Waals surface area contributed by atoms with Gasteiger partial charge in [-0.1, -0.05) is 18.2 Å². The van der Waals surface area contributed by atoms with E-state index in [9.17, 15) is 5.11 Å². The normalized spacial score (nSPS) is 20.5. The molecule has 0 bridgehead atoms. The molecule has 1 aliphatic heterocycles. The van der Waals surface area contributed by atoms with E-state index < -0.39 is 6.10 Å². The molecule has 0 radical (unpaired) electrons. The van der Waals surface area contributed by atoms with Crippen molar-refractivity contribution >= 4 is 5.69 Å². The number of hydrogen-bond donors (Lipinski definition) is 3. The standard InChI is InChI=1S/C18H24N2O2/c1-13(12-17(21)18-9-5-11-22-18)20-16-8-4-10-19-15-7-3-2-6-14(15)16/h2-3,5-7,9,11,13,16-17,19-21H,4,8,10,12H2,1H3/t13-,16+,17-/m1/s1. The second-order valence-corrected chi connectivity index (χ2v) is 6.04. The lowest BCUT2D eigenvalue weighted by atomic mass is 9.99. The van der Waals surface area contributed by atoms with E-state index in [0.29, 0.717) is 18.2 Å². The van der Waals surface area contributed by atoms with Gasteiger partial charge in [0.1, 0.15) is 11.9 Å². The van der Waals surface area contributed by atoms with Crippen molar-refractivity contribution < 1.29 is 9.52 Å². The van der Waals surface area contributed by atoms with Crippen LogP contribution >= 0.6 is 0 Å². The van der Waals surface area contributed by atoms with Gasteiger partial charge in [0, 0.05) is 24.3 Å². The SMILES string of the molecule is C[C@H](C[C@@H](O)c1ccco1)N[C@H]1CCCNc2ccccc21. The third-order valence-electron chi connectivity index (χ3n) is 4.26. The third kappa shape index (κ3) is 3.51. The number of para-hydroxylation sites is 1. The number of nitrogens with one attached hydrogen (secondary N) is 2. The summed E-state index contributed by atoms with van der Waals surface area (Å²) in [5.41, 5.74) is 2.54. The molecule has 2 heterocycles. The lowest BCUT2D eigenvalue weighted by Gasteiger charge is -2.25. The molecule has 0 fully saturated rings. The highest BCUT2D eigenvalue weighted by molar-refractivity contribution is 5.53. The molecule has 2 aromatic rings. The second-order valence-electron chi connectivity index (χ2n) is 6.04. The van der Waals surface area contributed by atoms with Crippen LogP contribution in [0.4, 0.5) is 5.69 Å². The molecule has 1 aromatic heterocycles. The van der Waals surface area contributed by atoms with Gasteiger partial charge in [0.15, 0.2) is 0 Å². The third-order valence-corrected chi connectivity index (χ3v) is 4.26. The van der Waals surface area contributed by atoms with Crippen LogP contribution < -0.4 is 10.6 Å². The predicted molar refractivity (Wildman–Crippen MR) is 87.8 cm³/mol. The van der Waals surface area contributed by atoms with E-state index in [1.54, 1.807) is 6.26 Å². The van der Waals surface area contributed by atoms with Crippen LogP contribution in [0.25, 0.3) is 0 Å². The Morgan fingerprint density at radius 1 is 1.32 bits per heavy atom. The molecule has 22 heavy (non-hydrogen) atoms. The van der Waals surface area contributed by atoms with Crippen molar-refractivity contribution in [2.24, 2.45) is 0 Å². The minimum atomic E-state index is -0.559. The van der Waals surface area contributed by atoms with E-state index >= 15 is 0 Å². The van der Waals surface area contributed by atoms with Crippen LogP contribution in [0.1, 0.15) is 49.7 Å². The van der Waals surface area contributed by atoms with Crippen LogP contribution in [-0.4, -0.2) is 17.7 Å². The van der Waals surface area contributed by atoms with Gasteiger partial charge in [-0.3, -0.25) is 0 Å². The lowest BCUT2D eigenvalue weighted by Crippen LogP contribution is -2.31. The van der Waals surface area contributed by atoms with Crippen LogP contribution in [0.15, 0.2) is 47.1 Å². The molecule has 0 aliphatic carbocycles. The number of anilines is 1. The highest BCUT2D eigenvalue weighted by atomic mass is 16.4. The van der Waals surface area contributed by atoms with Gasteiger partial charge < -0.3 is 20.2 Å². The summed E-state index contributed by atoms with van der Waals surface area (Å²) < 4.78 is 5.27. The largest absolute Gasteiger partial charge is 0.467 e. The maximum absolute atomic E-state index is 10.2. The molecule has 0 saturated heterocycles. The molecule has 0 unspecified atom stereocenters. The molecular weight excluding hydrogens is 276 g/mol. The van der Waals surface area contributed by atoms with E-state index in [-0.39, 0.29) is 6.04 Å². The minimum absolute atomic E-state index is 0.205. The molecule has 3 rings (SSSR count). The topological polar surface area (TPSA) is 57.4 Å². The quantitative estimate of drug-likeness (QED) is 0.789. The summed E-state index contributed by atoms with van der Waals surface area (Å²) >= 11 is 0. The first-order valence-electron chi connectivity index (χ1n) is 8.04. The fraction of sp³-hybridized carbons (Fsp3) is 0.444. The summed E-state index contributed by atoms with van der Waals surface area (Å²) in [5, 5.41) is 17.4. The predicted octanol–water partition coefficient (Wildman–Crippen LogP) is 3.63. The first-order chi connectivity index (χ1) is 10.7. The zero-order valence-electron chi connectivity index (χ0n) is 13.0. The number of hydrogen-bond acceptors (Lipinski definition) is 4. The van der Waals surface area contributed by atoms with Gasteiger partial charge in [-0.25, -0.2) is 0 Å². The fourth-order valence-corrected chi connectivity index (χ4v) is 3.16. The van der Waals surface area contributed by atoms with Crippen LogP contribution in [0.3, 0.4) is 0 Å². The minimum Gasteiger partial charge on any atom is -0.467 e. The van der Waals surface area contributed by atoms with Crippen molar-refractivity contribution in [2.45, 2.75) is 44.4 Å². The number of fused-ring (bicyclic) bond motifs is 1. The van der Waals surface area contributed by atoms with E-state index in [0.717, 1.165) is 19.4 Å². The Labute approximate surface area is 131 Å². The van der Waals surface area contributed by atoms with Crippen LogP contribution in [0.2, 0.25) is 0 Å². The molecule has 3 atom stereocenters. The Bertz CT molecular complexity index is 583. The Hall–Kier alpha value is -1.78. The molecule has 0 amide bonds. The second kappa shape index (κ2) is 6.99. The molecule has 0 saturated carbocycles. The van der Waals surface area contributed by atoms with E-state index in [4.69, 9.17) is 4.42 Å². The highest BCUT2D eigenvalue weighted by Crippen LogP contribution is 2.30. The lowest BCUT2D eigenvalue weighted by molar-refractivity contribution is 0.126. The van der Waals surface area contributed by atoms with E-state index in [1.165, 1.54) is 11.3 Å². The smallest absolute Gasteiger partial charge is 0.132 e. The maximum atomic E-state index is 10.2. The Morgan fingerprint density at radius 3 is 3.00 bits per heavy atom. The number of aliphatic hydroxyl groups is 1. The molecule has 0 spiro atoms. The van der Waals surface area contributed by atoms with Crippen LogP contribution in [0.5, 0.6) is 0 Å². The van der Waals surface area contributed by atoms with Gasteiger partial charge in [-0.2, -0.15) is 0 Å². The first kappa shape index (κ1) is 15.1. The fourth-order valence-electron chi connectivity index (χ4n) is 3.16. The maximum Gasteiger partial charge on any atom is 0.132 e. The van der Waals surface area contributed by atoms with Crippen molar-refractivity contribution in [1.29, 1.82) is 0 Å². The number of rotatable bonds is 5. The van der Waals surface area contributed by atoms with Gasteiger partial charge >= 0.3 is 0 Å². The van der Waals surface area contributed by atoms with Crippen molar-refractivity contribution in [3.05, 3.63) is 54.0 Å². The summed E-state index contributed by atoms with van der Waals surface area (Å²) in [4.78, 5) is 0. The summed E-state index contributed by atoms with van der Waals surface area (Å²) in [6.45, 7) is 3.13. The molecule has 4 nitrogen and oxygen atoms in total. The van der Waals surface area contributed by atoms with Gasteiger partial charge in [0.25, 0.3) is 0 Å². The molecule has 1 aliphatic rings. The summed E-state index contributed by atoms with van der Waals surface area (Å²) in [6.07, 6.45) is 3.92. The van der Waals surface area contributed by atoms with Crippen LogP contribution in [-0.2, 0) is 0 Å². The van der Waals surface area contributed by atoms with Gasteiger partial charge in [-0.05, 0) is 49.9 Å². The summed E-state index contributed by atoms with van der Waals surface area (Å²) in [5.74, 6) is 0.636. The molecule has 1 aromatic carbocycles. The summed E-state index contributed by atoms with van der Waals surface area (Å²) in [7, 11) is 0. The van der Waals surface area contributed by atoms with Crippen molar-refractivity contribution in [1.82, 2.24) is 5.32 Å². The van der Waals surface area contributed by atoms with E-state index in [2.05, 4.69) is 41.8 Å². The number of benzene rings is 1. The van der Waals surface area contributed by atoms with Gasteiger partial charge in [0.2, 0.25) is 0 Å². The summed E-state index contributed by atoms with van der Waals surface area (Å²) in [6, 6.07) is 12.6. The number of furan rings is 1. The molecular formula is C18H24N2O2. The molecule has 3 N–H and O–H groups in total. The zero-order chi connectivity index (χ0) is 15.4. The van der Waals surface area contributed by atoms with E-state index in [1.807, 2.05) is 12.1 Å². The number of aliphatic hydroxyl groups excluding tert-OH is 1. The zero-order valence-corrected chi connectivity index (χ0v) is 13.0. The van der Waals surface area contributed by atoms with Gasteiger partial charge in [0.05, 0.1) is 6.26 Å². The molecule has 4 heteroatoms. The van der Waals surface area contributed by atoms with Crippen molar-refractivity contribution in [3.63, 3.8) is 0 Å². The Kier molecular flexibility index (Phi) is 4.80. The Morgan fingerprint density at radius 2 is 2.18 bits per heavy atom. The molecule has 118 valence electrons. The van der Waals surface area contributed by atoms with Crippen molar-refractivity contribution in [3.8, 4) is 0 Å². The van der Waals surface area contributed by atoms with Crippen molar-refractivity contribution in [2.75, 3.05) is 11.9 Å². The van der Waals surface area contributed by atoms with Crippen LogP contribution in [0, 0.1) is 0 Å². The monoisotopic (exact) mass is 300 g/mol. The first-order valence-corrected chi connectivity index (χ1v) is 8.04. The Balaban J connectivity index is 1.65. The van der Waals surface area contributed by atoms with Gasteiger partial charge in [-0.15, -0.1) is 0 Å². The highest BCUT2D eigenvalue weighted by Gasteiger charge is 2.21. The average Bonchev–Trinajstić information content (AvgIpc) is 2.98. The average molecular weight is 300 g/mol.